The Balaban J connectivity index is 2.31. The van der Waals surface area contributed by atoms with Crippen LogP contribution >= 0.6 is 0 Å². The Kier molecular flexibility index (Phi) is 2.82. The van der Waals surface area contributed by atoms with Gasteiger partial charge in [-0.05, 0) is 6.42 Å². The summed E-state index contributed by atoms with van der Waals surface area (Å²) in [6.07, 6.45) is 7.12. The standard InChI is InChI=1S/C10H14N4O/c1-2-3-9-12-4-5-14(9)10-13-8(6-11)7-15-10/h4-5,7H,2-3,6,11H2,1H3. The molecule has 2 heterocycles. The SMILES string of the molecule is CCCc1nccn1-c1nc(CN)co1. The fraction of sp³-hybridized carbons (Fsp3) is 0.400. The van der Waals surface area contributed by atoms with Crippen molar-refractivity contribution in [2.45, 2.75) is 26.3 Å². The second-order valence-electron chi connectivity index (χ2n) is 3.29. The molecule has 2 aromatic heterocycles. The van der Waals surface area contributed by atoms with Crippen molar-refractivity contribution < 1.29 is 4.42 Å². The largest absolute Gasteiger partial charge is 0.431 e. The molecule has 5 heteroatoms. The van der Waals surface area contributed by atoms with E-state index in [2.05, 4.69) is 16.9 Å². The van der Waals surface area contributed by atoms with E-state index in [4.69, 9.17) is 10.2 Å². The minimum atomic E-state index is 0.390. The van der Waals surface area contributed by atoms with E-state index in [9.17, 15) is 0 Å². The third-order valence-electron chi connectivity index (χ3n) is 2.15. The summed E-state index contributed by atoms with van der Waals surface area (Å²) in [7, 11) is 0. The van der Waals surface area contributed by atoms with Crippen molar-refractivity contribution >= 4 is 0 Å². The first-order valence-electron chi connectivity index (χ1n) is 5.02. The average molecular weight is 206 g/mol. The van der Waals surface area contributed by atoms with E-state index in [0.717, 1.165) is 24.4 Å². The quantitative estimate of drug-likeness (QED) is 0.817. The Hall–Kier alpha value is -1.62. The summed E-state index contributed by atoms with van der Waals surface area (Å²) in [4.78, 5) is 8.49. The van der Waals surface area contributed by atoms with Crippen molar-refractivity contribution in [2.75, 3.05) is 0 Å². The number of hydrogen-bond donors (Lipinski definition) is 1. The fourth-order valence-electron chi connectivity index (χ4n) is 1.42. The second-order valence-corrected chi connectivity index (χ2v) is 3.29. The second kappa shape index (κ2) is 4.27. The van der Waals surface area contributed by atoms with Gasteiger partial charge in [0.1, 0.15) is 12.1 Å². The third kappa shape index (κ3) is 1.92. The molecule has 2 N–H and O–H groups in total. The maximum absolute atomic E-state index is 5.47. The number of hydrogen-bond acceptors (Lipinski definition) is 4. The van der Waals surface area contributed by atoms with Crippen LogP contribution in [0.25, 0.3) is 6.01 Å². The molecule has 0 aliphatic heterocycles. The zero-order valence-corrected chi connectivity index (χ0v) is 8.68. The molecule has 5 nitrogen and oxygen atoms in total. The lowest BCUT2D eigenvalue weighted by Gasteiger charge is -2.00. The zero-order chi connectivity index (χ0) is 10.7. The molecule has 0 amide bonds. The smallest absolute Gasteiger partial charge is 0.307 e. The van der Waals surface area contributed by atoms with E-state index in [0.29, 0.717) is 12.6 Å². The molecule has 0 saturated carbocycles. The Morgan fingerprint density at radius 3 is 3.07 bits per heavy atom. The summed E-state index contributed by atoms with van der Waals surface area (Å²) < 4.78 is 7.17. The monoisotopic (exact) mass is 206 g/mol. The highest BCUT2D eigenvalue weighted by Crippen LogP contribution is 2.11. The number of aryl methyl sites for hydroxylation is 1. The normalized spacial score (nSPS) is 10.8. The summed E-state index contributed by atoms with van der Waals surface area (Å²) in [6, 6.07) is 0.538. The lowest BCUT2D eigenvalue weighted by atomic mass is 10.3. The third-order valence-corrected chi connectivity index (χ3v) is 2.15. The van der Waals surface area contributed by atoms with Crippen LogP contribution in [0, 0.1) is 0 Å². The Morgan fingerprint density at radius 2 is 2.40 bits per heavy atom. The van der Waals surface area contributed by atoms with Gasteiger partial charge in [-0.15, -0.1) is 0 Å². The maximum atomic E-state index is 5.47. The molecule has 2 aromatic rings. The van der Waals surface area contributed by atoms with Gasteiger partial charge in [-0.3, -0.25) is 4.57 Å². The summed E-state index contributed by atoms with van der Waals surface area (Å²) >= 11 is 0. The molecule has 0 aliphatic carbocycles. The van der Waals surface area contributed by atoms with Crippen molar-refractivity contribution in [2.24, 2.45) is 5.73 Å². The predicted molar refractivity (Wildman–Crippen MR) is 55.5 cm³/mol. The molecule has 15 heavy (non-hydrogen) atoms. The molecule has 0 radical (unpaired) electrons. The number of oxazole rings is 1. The molecule has 0 unspecified atom stereocenters. The van der Waals surface area contributed by atoms with Gasteiger partial charge < -0.3 is 10.2 Å². The fourth-order valence-corrected chi connectivity index (χ4v) is 1.42. The molecular formula is C10H14N4O. The van der Waals surface area contributed by atoms with Gasteiger partial charge in [0.05, 0.1) is 5.69 Å². The highest BCUT2D eigenvalue weighted by atomic mass is 16.4. The lowest BCUT2D eigenvalue weighted by Crippen LogP contribution is -2.02. The van der Waals surface area contributed by atoms with E-state index in [1.807, 2.05) is 10.8 Å². The minimum Gasteiger partial charge on any atom is -0.431 e. The zero-order valence-electron chi connectivity index (χ0n) is 8.68. The molecule has 0 fully saturated rings. The van der Waals surface area contributed by atoms with E-state index in [1.54, 1.807) is 12.5 Å². The van der Waals surface area contributed by atoms with Crippen LogP contribution in [-0.4, -0.2) is 14.5 Å². The van der Waals surface area contributed by atoms with Crippen LogP contribution in [-0.2, 0) is 13.0 Å². The summed E-state index contributed by atoms with van der Waals surface area (Å²) in [5.74, 6) is 0.961. The number of rotatable bonds is 4. The molecular weight excluding hydrogens is 192 g/mol. The molecule has 80 valence electrons. The first-order chi connectivity index (χ1) is 7.35. The minimum absolute atomic E-state index is 0.390. The Bertz CT molecular complexity index is 432. The highest BCUT2D eigenvalue weighted by molar-refractivity contribution is 5.14. The number of nitrogens with two attached hydrogens (primary N) is 1. The van der Waals surface area contributed by atoms with E-state index < -0.39 is 0 Å². The van der Waals surface area contributed by atoms with Crippen molar-refractivity contribution in [3.63, 3.8) is 0 Å². The number of imidazole rings is 1. The summed E-state index contributed by atoms with van der Waals surface area (Å²) in [5, 5.41) is 0. The van der Waals surface area contributed by atoms with Crippen LogP contribution in [0.3, 0.4) is 0 Å². The summed E-state index contributed by atoms with van der Waals surface area (Å²) in [5.41, 5.74) is 6.22. The van der Waals surface area contributed by atoms with Crippen LogP contribution in [0.15, 0.2) is 23.1 Å². The van der Waals surface area contributed by atoms with Gasteiger partial charge in [-0.25, -0.2) is 4.98 Å². The average Bonchev–Trinajstić information content (AvgIpc) is 2.85. The Morgan fingerprint density at radius 1 is 1.53 bits per heavy atom. The first-order valence-corrected chi connectivity index (χ1v) is 5.02. The van der Waals surface area contributed by atoms with Crippen molar-refractivity contribution in [3.05, 3.63) is 30.2 Å². The van der Waals surface area contributed by atoms with Gasteiger partial charge >= 0.3 is 6.01 Å². The number of aromatic nitrogens is 3. The van der Waals surface area contributed by atoms with Gasteiger partial charge in [0.25, 0.3) is 0 Å². The van der Waals surface area contributed by atoms with E-state index >= 15 is 0 Å². The molecule has 0 bridgehead atoms. The predicted octanol–water partition coefficient (Wildman–Crippen LogP) is 1.27. The van der Waals surface area contributed by atoms with Crippen LogP contribution in [0.1, 0.15) is 24.9 Å². The molecule has 0 spiro atoms. The van der Waals surface area contributed by atoms with Crippen LogP contribution < -0.4 is 5.73 Å². The summed E-state index contributed by atoms with van der Waals surface area (Å²) in [6.45, 7) is 2.50. The molecule has 0 aliphatic rings. The maximum Gasteiger partial charge on any atom is 0.307 e. The van der Waals surface area contributed by atoms with Gasteiger partial charge in [-0.1, -0.05) is 6.92 Å². The van der Waals surface area contributed by atoms with Crippen molar-refractivity contribution in [3.8, 4) is 6.01 Å². The number of nitrogens with zero attached hydrogens (tertiary/aromatic N) is 3. The molecule has 0 aromatic carbocycles. The van der Waals surface area contributed by atoms with E-state index in [1.165, 1.54) is 0 Å². The van der Waals surface area contributed by atoms with Crippen LogP contribution in [0.5, 0.6) is 0 Å². The van der Waals surface area contributed by atoms with Crippen molar-refractivity contribution in [1.82, 2.24) is 14.5 Å². The van der Waals surface area contributed by atoms with Gasteiger partial charge in [0.15, 0.2) is 0 Å². The topological polar surface area (TPSA) is 69.9 Å². The molecule has 0 saturated heterocycles. The van der Waals surface area contributed by atoms with Gasteiger partial charge in [0.2, 0.25) is 0 Å². The van der Waals surface area contributed by atoms with E-state index in [-0.39, 0.29) is 0 Å². The first kappa shape index (κ1) is 9.92. The van der Waals surface area contributed by atoms with Crippen LogP contribution in [0.2, 0.25) is 0 Å². The Labute approximate surface area is 87.9 Å². The highest BCUT2D eigenvalue weighted by Gasteiger charge is 2.09. The van der Waals surface area contributed by atoms with Crippen LogP contribution in [0.4, 0.5) is 0 Å². The van der Waals surface area contributed by atoms with Crippen molar-refractivity contribution in [1.29, 1.82) is 0 Å². The molecule has 2 rings (SSSR count). The molecule has 0 atom stereocenters. The van der Waals surface area contributed by atoms with Gasteiger partial charge in [-0.2, -0.15) is 4.98 Å². The lowest BCUT2D eigenvalue weighted by molar-refractivity contribution is 0.519. The van der Waals surface area contributed by atoms with Gasteiger partial charge in [0, 0.05) is 25.4 Å².